The Bertz CT molecular complexity index is 7570. The van der Waals surface area contributed by atoms with Crippen LogP contribution in [0.2, 0.25) is 0 Å². The highest BCUT2D eigenvalue weighted by Gasteiger charge is 2.22. The molecular weight excluding hydrogens is 1310 g/mol. The maximum Gasteiger partial charge on any atom is 0.0547 e. The van der Waals surface area contributed by atoms with Crippen molar-refractivity contribution in [3.63, 3.8) is 0 Å². The summed E-state index contributed by atoms with van der Waals surface area (Å²) in [5, 5.41) is 14.8. The standard InChI is InChI=1S/C102H64N6/c1-9-34-91-79(26-1)80-27-2-10-35-92(80)103(91)73-50-42-65(43-51-73)66-44-52-74(53-45-66)104-93-36-11-5-30-83(93)87-55-47-71(62-100(87)104)72-48-56-89-85-32-7-15-40-97(85)108(102(89)63-72)78-25-19-24-77(64-78)107-96-39-14-6-31-84(96)88-54-46-70(61-101(88)107)69-49-57-99-90(60-69)86-33-8-16-41-98(86)106(99)76-23-18-21-68(59-76)67-20-17-22-75(58-67)105-94-37-12-3-28-81(94)82-29-4-13-38-95(82)105/h1-64H. The van der Waals surface area contributed by atoms with Crippen molar-refractivity contribution in [1.29, 1.82) is 0 Å². The average molecular weight is 1370 g/mol. The number of hydrogen-bond donors (Lipinski definition) is 0. The molecule has 0 radical (unpaired) electrons. The molecule has 6 heterocycles. The van der Waals surface area contributed by atoms with Gasteiger partial charge in [-0.2, -0.15) is 0 Å². The highest BCUT2D eigenvalue weighted by molar-refractivity contribution is 6.16. The Morgan fingerprint density at radius 3 is 0.648 bits per heavy atom. The molecule has 17 aromatic carbocycles. The summed E-state index contributed by atoms with van der Waals surface area (Å²) in [4.78, 5) is 0. The van der Waals surface area contributed by atoms with Gasteiger partial charge in [-0.1, -0.05) is 243 Å². The number of para-hydroxylation sites is 8. The molecule has 0 bridgehead atoms. The summed E-state index contributed by atoms with van der Waals surface area (Å²) < 4.78 is 14.6. The summed E-state index contributed by atoms with van der Waals surface area (Å²) >= 11 is 0. The predicted octanol–water partition coefficient (Wildman–Crippen LogP) is 26.9. The van der Waals surface area contributed by atoms with Crippen LogP contribution < -0.4 is 0 Å². The highest BCUT2D eigenvalue weighted by Crippen LogP contribution is 2.44. The monoisotopic (exact) mass is 1370 g/mol. The first kappa shape index (κ1) is 60.0. The molecular formula is C102H64N6. The second-order valence-electron chi connectivity index (χ2n) is 28.8. The van der Waals surface area contributed by atoms with Crippen LogP contribution in [0.1, 0.15) is 0 Å². The van der Waals surface area contributed by atoms with Crippen LogP contribution >= 0.6 is 0 Å². The molecule has 6 heteroatoms. The van der Waals surface area contributed by atoms with E-state index in [4.69, 9.17) is 0 Å². The Balaban J connectivity index is 0.593. The first-order valence-electron chi connectivity index (χ1n) is 37.2. The SMILES string of the molecule is c1cc(-c2cccc(-n3c4ccccc4c4cc(-c5ccc6c7ccccc7n(-c7cccc(-n8c9ccccc9c9ccc(-c%10ccc%11c%12ccccc%12n(-c%12ccc(-c%13ccc(-n%14c%15ccccc%15c%15ccccc%15%14)cc%13)cc%12)c%11c%10)cc98)c7)c6c5)ccc43)c2)cc(-n2c3ccccc3c3ccccc32)c1. The first-order chi connectivity index (χ1) is 53.6. The van der Waals surface area contributed by atoms with Crippen LogP contribution in [-0.2, 0) is 0 Å². The third kappa shape index (κ3) is 9.08. The van der Waals surface area contributed by atoms with E-state index in [1.807, 2.05) is 0 Å². The van der Waals surface area contributed by atoms with Crippen molar-refractivity contribution in [2.75, 3.05) is 0 Å². The van der Waals surface area contributed by atoms with Gasteiger partial charge >= 0.3 is 0 Å². The largest absolute Gasteiger partial charge is 0.309 e. The zero-order valence-corrected chi connectivity index (χ0v) is 58.6. The van der Waals surface area contributed by atoms with Gasteiger partial charge in [0.05, 0.1) is 66.2 Å². The Kier molecular flexibility index (Phi) is 13.1. The van der Waals surface area contributed by atoms with Gasteiger partial charge in [0, 0.05) is 98.8 Å². The smallest absolute Gasteiger partial charge is 0.0547 e. The Morgan fingerprint density at radius 1 is 0.102 bits per heavy atom. The molecule has 0 saturated heterocycles. The van der Waals surface area contributed by atoms with E-state index in [1.165, 1.54) is 131 Å². The maximum atomic E-state index is 2.47. The van der Waals surface area contributed by atoms with Crippen molar-refractivity contribution >= 4 is 131 Å². The molecule has 6 aromatic heterocycles. The fourth-order valence-corrected chi connectivity index (χ4v) is 18.1. The van der Waals surface area contributed by atoms with Crippen molar-refractivity contribution in [2.24, 2.45) is 0 Å². The van der Waals surface area contributed by atoms with Crippen LogP contribution in [0.5, 0.6) is 0 Å². The summed E-state index contributed by atoms with van der Waals surface area (Å²) in [6.45, 7) is 0. The summed E-state index contributed by atoms with van der Waals surface area (Å²) in [5.74, 6) is 0. The lowest BCUT2D eigenvalue weighted by Crippen LogP contribution is -1.99. The third-order valence-corrected chi connectivity index (χ3v) is 23.0. The lowest BCUT2D eigenvalue weighted by molar-refractivity contribution is 1.13. The molecule has 0 spiro atoms. The van der Waals surface area contributed by atoms with E-state index in [9.17, 15) is 0 Å². The fraction of sp³-hybridized carbons (Fsp3) is 0. The molecule has 0 saturated carbocycles. The minimum absolute atomic E-state index is 1.09. The molecule has 23 rings (SSSR count). The first-order valence-corrected chi connectivity index (χ1v) is 37.2. The van der Waals surface area contributed by atoms with Crippen molar-refractivity contribution in [3.05, 3.63) is 388 Å². The average Bonchev–Trinajstić information content (AvgIpc) is 1.59. The highest BCUT2D eigenvalue weighted by atomic mass is 15.0. The lowest BCUT2D eigenvalue weighted by Gasteiger charge is -2.14. The van der Waals surface area contributed by atoms with Gasteiger partial charge in [0.2, 0.25) is 0 Å². The van der Waals surface area contributed by atoms with Crippen LogP contribution in [0.25, 0.3) is 209 Å². The molecule has 502 valence electrons. The van der Waals surface area contributed by atoms with E-state index in [0.29, 0.717) is 0 Å². The molecule has 0 atom stereocenters. The number of aromatic nitrogens is 6. The molecule has 0 fully saturated rings. The Morgan fingerprint density at radius 2 is 0.315 bits per heavy atom. The number of fused-ring (bicyclic) bond motifs is 18. The lowest BCUT2D eigenvalue weighted by atomic mass is 10.0. The van der Waals surface area contributed by atoms with Crippen LogP contribution in [0, 0.1) is 0 Å². The van der Waals surface area contributed by atoms with Gasteiger partial charge in [0.1, 0.15) is 0 Å². The quantitative estimate of drug-likeness (QED) is 0.131. The molecule has 108 heavy (non-hydrogen) atoms. The molecule has 6 nitrogen and oxygen atoms in total. The van der Waals surface area contributed by atoms with E-state index in [1.54, 1.807) is 0 Å². The van der Waals surface area contributed by atoms with E-state index < -0.39 is 0 Å². The Labute approximate surface area is 621 Å². The second kappa shape index (κ2) is 23.5. The minimum Gasteiger partial charge on any atom is -0.309 e. The van der Waals surface area contributed by atoms with E-state index >= 15 is 0 Å². The summed E-state index contributed by atoms with van der Waals surface area (Å²) in [7, 11) is 0. The van der Waals surface area contributed by atoms with E-state index in [0.717, 1.165) is 78.4 Å². The van der Waals surface area contributed by atoms with Crippen molar-refractivity contribution in [1.82, 2.24) is 27.4 Å². The molecule has 23 aromatic rings. The number of nitrogens with zero attached hydrogens (tertiary/aromatic N) is 6. The zero-order valence-electron chi connectivity index (χ0n) is 58.6. The summed E-state index contributed by atoms with van der Waals surface area (Å²) in [6, 6.07) is 144. The van der Waals surface area contributed by atoms with Gasteiger partial charge in [0.15, 0.2) is 0 Å². The second-order valence-corrected chi connectivity index (χ2v) is 28.8. The topological polar surface area (TPSA) is 29.6 Å². The van der Waals surface area contributed by atoms with Crippen LogP contribution in [0.3, 0.4) is 0 Å². The number of benzene rings is 17. The van der Waals surface area contributed by atoms with Crippen molar-refractivity contribution in [2.45, 2.75) is 0 Å². The molecule has 0 amide bonds. The normalized spacial score (nSPS) is 12.1. The predicted molar refractivity (Wildman–Crippen MR) is 454 cm³/mol. The van der Waals surface area contributed by atoms with E-state index in [-0.39, 0.29) is 0 Å². The molecule has 0 aliphatic rings. The molecule has 0 N–H and O–H groups in total. The van der Waals surface area contributed by atoms with Crippen LogP contribution in [0.4, 0.5) is 0 Å². The van der Waals surface area contributed by atoms with Gasteiger partial charge in [-0.3, -0.25) is 0 Å². The van der Waals surface area contributed by atoms with Gasteiger partial charge in [0.25, 0.3) is 0 Å². The zero-order chi connectivity index (χ0) is 70.7. The van der Waals surface area contributed by atoms with Gasteiger partial charge in [-0.05, 0) is 190 Å². The summed E-state index contributed by atoms with van der Waals surface area (Å²) in [5.41, 5.74) is 30.2. The summed E-state index contributed by atoms with van der Waals surface area (Å²) in [6.07, 6.45) is 0. The van der Waals surface area contributed by atoms with Crippen LogP contribution in [0.15, 0.2) is 388 Å². The Hall–Kier alpha value is -14.5. The molecule has 0 aliphatic carbocycles. The molecule has 0 aliphatic heterocycles. The van der Waals surface area contributed by atoms with Gasteiger partial charge in [-0.15, -0.1) is 0 Å². The number of hydrogen-bond acceptors (Lipinski definition) is 0. The number of rotatable bonds is 10. The van der Waals surface area contributed by atoms with Gasteiger partial charge < -0.3 is 27.4 Å². The van der Waals surface area contributed by atoms with Gasteiger partial charge in [-0.25, -0.2) is 0 Å². The van der Waals surface area contributed by atoms with E-state index in [2.05, 4.69) is 416 Å². The third-order valence-electron chi connectivity index (χ3n) is 23.0. The van der Waals surface area contributed by atoms with Crippen LogP contribution in [-0.4, -0.2) is 27.4 Å². The maximum absolute atomic E-state index is 2.47. The van der Waals surface area contributed by atoms with Crippen molar-refractivity contribution in [3.8, 4) is 78.6 Å². The molecule has 0 unspecified atom stereocenters. The van der Waals surface area contributed by atoms with Crippen molar-refractivity contribution < 1.29 is 0 Å². The fourth-order valence-electron chi connectivity index (χ4n) is 18.1. The minimum atomic E-state index is 1.09.